The summed E-state index contributed by atoms with van der Waals surface area (Å²) in [6.45, 7) is 4.64. The lowest BCUT2D eigenvalue weighted by atomic mass is 9.99. The first-order chi connectivity index (χ1) is 12.5. The third kappa shape index (κ3) is 5.18. The second-order valence-electron chi connectivity index (χ2n) is 7.39. The van der Waals surface area contributed by atoms with Crippen molar-refractivity contribution in [2.24, 2.45) is 0 Å². The number of hydrogen-bond donors (Lipinski definition) is 1. The van der Waals surface area contributed by atoms with Crippen LogP contribution in [0.3, 0.4) is 0 Å². The Morgan fingerprint density at radius 1 is 1.12 bits per heavy atom. The monoisotopic (exact) mass is 366 g/mol. The molecule has 1 N–H and O–H groups in total. The molecule has 2 heterocycles. The smallest absolute Gasteiger partial charge is 0.184 e. The number of aliphatic hydroxyl groups excluding tert-OH is 1. The molecule has 0 radical (unpaired) electrons. The molecule has 0 unspecified atom stereocenters. The summed E-state index contributed by atoms with van der Waals surface area (Å²) in [6.07, 6.45) is 2.83. The van der Waals surface area contributed by atoms with Crippen LogP contribution < -0.4 is 4.74 Å². The largest absolute Gasteiger partial charge is 0.497 e. The number of benzene rings is 1. The molecule has 0 bridgehead atoms. The van der Waals surface area contributed by atoms with Crippen molar-refractivity contribution >= 4 is 0 Å². The van der Waals surface area contributed by atoms with Crippen molar-refractivity contribution in [3.8, 4) is 5.75 Å². The van der Waals surface area contributed by atoms with Gasteiger partial charge < -0.3 is 28.8 Å². The molecule has 0 spiro atoms. The van der Waals surface area contributed by atoms with Crippen molar-refractivity contribution in [2.75, 3.05) is 20.3 Å². The van der Waals surface area contributed by atoms with E-state index in [1.807, 2.05) is 38.1 Å². The Bertz CT molecular complexity index is 558. The van der Waals surface area contributed by atoms with Gasteiger partial charge in [0.25, 0.3) is 0 Å². The lowest BCUT2D eigenvalue weighted by molar-refractivity contribution is -0.309. The molecule has 6 nitrogen and oxygen atoms in total. The molecule has 2 aliphatic heterocycles. The summed E-state index contributed by atoms with van der Waals surface area (Å²) in [7, 11) is 1.65. The molecule has 0 aromatic heterocycles. The molecule has 2 saturated heterocycles. The minimum atomic E-state index is -0.636. The standard InChI is InChI=1S/C20H30O6/c1-20(2)25-17(8-10-21)13-18(26-20)12-16-9-11-23-19(24-16)14-4-6-15(22-3)7-5-14/h4-7,16-19,21H,8-13H2,1-3H3/t16-,17-,18+,19-/m0/s1. The van der Waals surface area contributed by atoms with Crippen LogP contribution in [0.25, 0.3) is 0 Å². The van der Waals surface area contributed by atoms with Crippen molar-refractivity contribution in [1.82, 2.24) is 0 Å². The maximum atomic E-state index is 9.22. The fourth-order valence-electron chi connectivity index (χ4n) is 3.68. The summed E-state index contributed by atoms with van der Waals surface area (Å²) >= 11 is 0. The Morgan fingerprint density at radius 2 is 1.85 bits per heavy atom. The zero-order chi connectivity index (χ0) is 18.6. The Hall–Kier alpha value is -1.18. The SMILES string of the molecule is COc1ccc([C@H]2OCC[C@@H](C[C@@H]3C[C@H](CCO)OC(C)(C)O3)O2)cc1. The maximum absolute atomic E-state index is 9.22. The van der Waals surface area contributed by atoms with E-state index in [1.165, 1.54) is 0 Å². The van der Waals surface area contributed by atoms with Crippen LogP contribution in [0.15, 0.2) is 24.3 Å². The molecule has 2 fully saturated rings. The van der Waals surface area contributed by atoms with Crippen molar-refractivity contribution in [2.45, 2.75) is 69.9 Å². The van der Waals surface area contributed by atoms with Crippen molar-refractivity contribution < 1.29 is 28.8 Å². The molecule has 146 valence electrons. The van der Waals surface area contributed by atoms with E-state index in [9.17, 15) is 5.11 Å². The molecule has 0 saturated carbocycles. The topological polar surface area (TPSA) is 66.4 Å². The van der Waals surface area contributed by atoms with Gasteiger partial charge in [-0.1, -0.05) is 12.1 Å². The Morgan fingerprint density at radius 3 is 2.54 bits per heavy atom. The molecule has 6 heteroatoms. The first kappa shape index (κ1) is 19.6. The highest BCUT2D eigenvalue weighted by Crippen LogP contribution is 2.34. The van der Waals surface area contributed by atoms with Gasteiger partial charge in [-0.25, -0.2) is 0 Å². The molecule has 0 amide bonds. The summed E-state index contributed by atoms with van der Waals surface area (Å²) in [6, 6.07) is 7.76. The number of ether oxygens (including phenoxy) is 5. The molecule has 4 atom stereocenters. The van der Waals surface area contributed by atoms with Gasteiger partial charge in [0.2, 0.25) is 0 Å². The van der Waals surface area contributed by atoms with Crippen LogP contribution in [-0.2, 0) is 18.9 Å². The Labute approximate surface area is 155 Å². The molecule has 0 aliphatic carbocycles. The summed E-state index contributed by atoms with van der Waals surface area (Å²) in [5.41, 5.74) is 0.988. The van der Waals surface area contributed by atoms with Crippen molar-refractivity contribution in [1.29, 1.82) is 0 Å². The highest BCUT2D eigenvalue weighted by atomic mass is 16.7. The van der Waals surface area contributed by atoms with Crippen LogP contribution in [0.2, 0.25) is 0 Å². The summed E-state index contributed by atoms with van der Waals surface area (Å²) in [4.78, 5) is 0. The zero-order valence-electron chi connectivity index (χ0n) is 15.8. The number of aliphatic hydroxyl groups is 1. The first-order valence-electron chi connectivity index (χ1n) is 9.36. The van der Waals surface area contributed by atoms with E-state index in [0.717, 1.165) is 30.6 Å². The normalized spacial score (nSPS) is 31.5. The van der Waals surface area contributed by atoms with E-state index >= 15 is 0 Å². The predicted octanol–water partition coefficient (Wildman–Crippen LogP) is 3.18. The van der Waals surface area contributed by atoms with Crippen LogP contribution in [0.1, 0.15) is 51.4 Å². The molecule has 1 aromatic rings. The Balaban J connectivity index is 1.58. The molecule has 3 rings (SSSR count). The molecule has 1 aromatic carbocycles. The number of hydrogen-bond acceptors (Lipinski definition) is 6. The van der Waals surface area contributed by atoms with Gasteiger partial charge in [0, 0.05) is 25.0 Å². The van der Waals surface area contributed by atoms with Crippen molar-refractivity contribution in [3.63, 3.8) is 0 Å². The highest BCUT2D eigenvalue weighted by molar-refractivity contribution is 5.27. The van der Waals surface area contributed by atoms with E-state index in [1.54, 1.807) is 7.11 Å². The summed E-state index contributed by atoms with van der Waals surface area (Å²) in [5.74, 6) is 0.178. The van der Waals surface area contributed by atoms with Gasteiger partial charge in [0.1, 0.15) is 5.75 Å². The van der Waals surface area contributed by atoms with Crippen LogP contribution in [-0.4, -0.2) is 49.5 Å². The maximum Gasteiger partial charge on any atom is 0.184 e. The van der Waals surface area contributed by atoms with E-state index in [-0.39, 0.29) is 31.2 Å². The minimum Gasteiger partial charge on any atom is -0.497 e. The first-order valence-corrected chi connectivity index (χ1v) is 9.36. The van der Waals surface area contributed by atoms with Gasteiger partial charge in [-0.2, -0.15) is 0 Å². The molecular formula is C20H30O6. The molecule has 26 heavy (non-hydrogen) atoms. The van der Waals surface area contributed by atoms with Crippen LogP contribution in [0.5, 0.6) is 5.75 Å². The third-order valence-electron chi connectivity index (χ3n) is 4.82. The fraction of sp³-hybridized carbons (Fsp3) is 0.700. The predicted molar refractivity (Wildman–Crippen MR) is 95.9 cm³/mol. The third-order valence-corrected chi connectivity index (χ3v) is 4.82. The van der Waals surface area contributed by atoms with Gasteiger partial charge in [-0.3, -0.25) is 0 Å². The van der Waals surface area contributed by atoms with Gasteiger partial charge >= 0.3 is 0 Å². The summed E-state index contributed by atoms with van der Waals surface area (Å²) < 4.78 is 29.1. The number of methoxy groups -OCH3 is 1. The van der Waals surface area contributed by atoms with Gasteiger partial charge in [-0.15, -0.1) is 0 Å². The fourth-order valence-corrected chi connectivity index (χ4v) is 3.68. The molecular weight excluding hydrogens is 336 g/mol. The Kier molecular flexibility index (Phi) is 6.53. The van der Waals surface area contributed by atoms with Gasteiger partial charge in [0.15, 0.2) is 12.1 Å². The van der Waals surface area contributed by atoms with Crippen LogP contribution >= 0.6 is 0 Å². The minimum absolute atomic E-state index is 0.0194. The number of rotatable bonds is 6. The second-order valence-corrected chi connectivity index (χ2v) is 7.39. The lowest BCUT2D eigenvalue weighted by Crippen LogP contribution is -2.46. The van der Waals surface area contributed by atoms with Crippen LogP contribution in [0.4, 0.5) is 0 Å². The molecule has 2 aliphatic rings. The quantitative estimate of drug-likeness (QED) is 0.834. The van der Waals surface area contributed by atoms with Crippen LogP contribution in [0, 0.1) is 0 Å². The van der Waals surface area contributed by atoms with Gasteiger partial charge in [0.05, 0.1) is 32.0 Å². The lowest BCUT2D eigenvalue weighted by Gasteiger charge is -2.42. The second kappa shape index (κ2) is 8.67. The highest BCUT2D eigenvalue weighted by Gasteiger charge is 2.37. The van der Waals surface area contributed by atoms with E-state index in [2.05, 4.69) is 0 Å². The van der Waals surface area contributed by atoms with E-state index in [4.69, 9.17) is 23.7 Å². The zero-order valence-corrected chi connectivity index (χ0v) is 15.8. The van der Waals surface area contributed by atoms with Crippen molar-refractivity contribution in [3.05, 3.63) is 29.8 Å². The average molecular weight is 366 g/mol. The van der Waals surface area contributed by atoms with E-state index in [0.29, 0.717) is 13.0 Å². The average Bonchev–Trinajstić information content (AvgIpc) is 2.61. The van der Waals surface area contributed by atoms with Gasteiger partial charge in [-0.05, 0) is 38.8 Å². The summed E-state index contributed by atoms with van der Waals surface area (Å²) in [5, 5.41) is 9.22. The van der Waals surface area contributed by atoms with E-state index < -0.39 is 5.79 Å².